The molecule has 0 saturated carbocycles. The number of carbonyl (C=O) groups is 1. The van der Waals surface area contributed by atoms with Crippen LogP contribution in [0.4, 0.5) is 0 Å². The Labute approximate surface area is 83.5 Å². The fraction of sp³-hybridized carbons (Fsp3) is 0.889. The molecule has 0 aromatic heterocycles. The van der Waals surface area contributed by atoms with Crippen molar-refractivity contribution in [1.29, 1.82) is 0 Å². The molecule has 1 atom stereocenters. The molecule has 1 aliphatic rings. The Balaban J connectivity index is 2.51. The van der Waals surface area contributed by atoms with Crippen molar-refractivity contribution in [3.8, 4) is 0 Å². The van der Waals surface area contributed by atoms with Crippen molar-refractivity contribution in [2.45, 2.75) is 32.4 Å². The Hall–Kier alpha value is -0.220. The van der Waals surface area contributed by atoms with Crippen LogP contribution in [0, 0.1) is 0 Å². The third-order valence-corrected chi connectivity index (χ3v) is 3.44. The minimum absolute atomic E-state index is 0.233. The van der Waals surface area contributed by atoms with Gasteiger partial charge in [-0.1, -0.05) is 0 Å². The van der Waals surface area contributed by atoms with Crippen LogP contribution in [0.5, 0.6) is 0 Å². The zero-order valence-corrected chi connectivity index (χ0v) is 9.01. The summed E-state index contributed by atoms with van der Waals surface area (Å²) in [5.41, 5.74) is 0. The quantitative estimate of drug-likeness (QED) is 0.750. The van der Waals surface area contributed by atoms with Crippen molar-refractivity contribution in [3.63, 3.8) is 0 Å². The third kappa shape index (κ3) is 3.19. The lowest BCUT2D eigenvalue weighted by Gasteiger charge is -2.37. The van der Waals surface area contributed by atoms with Crippen molar-refractivity contribution < 1.29 is 9.90 Å². The number of nitrogens with zero attached hydrogens (tertiary/aromatic N) is 1. The van der Waals surface area contributed by atoms with Crippen LogP contribution in [0.25, 0.3) is 0 Å². The summed E-state index contributed by atoms with van der Waals surface area (Å²) in [6.45, 7) is 5.29. The van der Waals surface area contributed by atoms with E-state index in [-0.39, 0.29) is 12.5 Å². The van der Waals surface area contributed by atoms with Crippen LogP contribution < -0.4 is 0 Å². The lowest BCUT2D eigenvalue weighted by atomic mass is 10.1. The van der Waals surface area contributed by atoms with Gasteiger partial charge in [-0.15, -0.1) is 0 Å². The normalized spacial score (nSPS) is 25.0. The number of rotatable bonds is 3. The minimum atomic E-state index is -0.682. The van der Waals surface area contributed by atoms with Gasteiger partial charge in [0.1, 0.15) is 0 Å². The number of carboxylic acids is 1. The molecule has 0 aliphatic carbocycles. The van der Waals surface area contributed by atoms with Crippen LogP contribution in [-0.4, -0.2) is 46.1 Å². The SMILES string of the molecule is CC(C)N1CCSCC1CC(=O)O. The summed E-state index contributed by atoms with van der Waals surface area (Å²) in [7, 11) is 0. The van der Waals surface area contributed by atoms with Gasteiger partial charge in [0.05, 0.1) is 6.42 Å². The van der Waals surface area contributed by atoms with Gasteiger partial charge < -0.3 is 5.11 Å². The molecule has 0 bridgehead atoms. The largest absolute Gasteiger partial charge is 0.481 e. The Morgan fingerprint density at radius 1 is 1.69 bits per heavy atom. The van der Waals surface area contributed by atoms with E-state index in [2.05, 4.69) is 18.7 Å². The molecule has 76 valence electrons. The molecular weight excluding hydrogens is 186 g/mol. The van der Waals surface area contributed by atoms with E-state index in [0.717, 1.165) is 18.1 Å². The van der Waals surface area contributed by atoms with Gasteiger partial charge in [0, 0.05) is 30.1 Å². The fourth-order valence-corrected chi connectivity index (χ4v) is 2.81. The highest BCUT2D eigenvalue weighted by Crippen LogP contribution is 2.20. The Morgan fingerprint density at radius 3 is 2.92 bits per heavy atom. The molecule has 4 heteroatoms. The second kappa shape index (κ2) is 4.86. The second-order valence-corrected chi connectivity index (χ2v) is 4.81. The first-order valence-corrected chi connectivity index (χ1v) is 5.82. The monoisotopic (exact) mass is 203 g/mol. The third-order valence-electron chi connectivity index (χ3n) is 2.35. The molecule has 0 aromatic rings. The number of aliphatic carboxylic acids is 1. The van der Waals surface area contributed by atoms with Crippen molar-refractivity contribution in [3.05, 3.63) is 0 Å². The maximum absolute atomic E-state index is 10.6. The van der Waals surface area contributed by atoms with Crippen LogP contribution in [0.1, 0.15) is 20.3 Å². The van der Waals surface area contributed by atoms with Gasteiger partial charge in [-0.05, 0) is 13.8 Å². The maximum atomic E-state index is 10.6. The van der Waals surface area contributed by atoms with Crippen molar-refractivity contribution >= 4 is 17.7 Å². The Kier molecular flexibility index (Phi) is 4.06. The molecule has 1 heterocycles. The summed E-state index contributed by atoms with van der Waals surface area (Å²) in [5, 5.41) is 8.73. The van der Waals surface area contributed by atoms with Crippen LogP contribution >= 0.6 is 11.8 Å². The number of hydrogen-bond donors (Lipinski definition) is 1. The maximum Gasteiger partial charge on any atom is 0.304 e. The summed E-state index contributed by atoms with van der Waals surface area (Å²) in [5.74, 6) is 1.41. The standard InChI is InChI=1S/C9H17NO2S/c1-7(2)10-3-4-13-6-8(10)5-9(11)12/h7-8H,3-6H2,1-2H3,(H,11,12). The molecule has 1 rings (SSSR count). The van der Waals surface area contributed by atoms with E-state index in [1.54, 1.807) is 0 Å². The molecule has 1 aliphatic heterocycles. The van der Waals surface area contributed by atoms with Gasteiger partial charge in [-0.2, -0.15) is 11.8 Å². The van der Waals surface area contributed by atoms with Crippen LogP contribution in [0.3, 0.4) is 0 Å². The first-order chi connectivity index (χ1) is 6.11. The number of thioether (sulfide) groups is 1. The van der Waals surface area contributed by atoms with Gasteiger partial charge >= 0.3 is 5.97 Å². The second-order valence-electron chi connectivity index (χ2n) is 3.66. The molecule has 0 amide bonds. The van der Waals surface area contributed by atoms with Gasteiger partial charge in [-0.3, -0.25) is 9.69 Å². The fourth-order valence-electron chi connectivity index (χ4n) is 1.73. The van der Waals surface area contributed by atoms with Crippen LogP contribution in [0.2, 0.25) is 0 Å². The average Bonchev–Trinajstić information content (AvgIpc) is 2.03. The first kappa shape index (κ1) is 10.9. The molecule has 1 unspecified atom stereocenters. The number of hydrogen-bond acceptors (Lipinski definition) is 3. The predicted molar refractivity (Wildman–Crippen MR) is 55.2 cm³/mol. The van der Waals surface area contributed by atoms with Gasteiger partial charge in [-0.25, -0.2) is 0 Å². The highest BCUT2D eigenvalue weighted by Gasteiger charge is 2.26. The molecule has 0 aromatic carbocycles. The summed E-state index contributed by atoms with van der Waals surface area (Å²) < 4.78 is 0. The van der Waals surface area contributed by atoms with E-state index in [4.69, 9.17) is 5.11 Å². The smallest absolute Gasteiger partial charge is 0.304 e. The van der Waals surface area contributed by atoms with E-state index in [0.29, 0.717) is 6.04 Å². The molecule has 1 N–H and O–H groups in total. The molecule has 0 radical (unpaired) electrons. The Bertz CT molecular complexity index is 184. The summed E-state index contributed by atoms with van der Waals surface area (Å²) >= 11 is 1.86. The average molecular weight is 203 g/mol. The number of carboxylic acid groups (broad SMARTS) is 1. The topological polar surface area (TPSA) is 40.5 Å². The lowest BCUT2D eigenvalue weighted by Crippen LogP contribution is -2.47. The zero-order valence-electron chi connectivity index (χ0n) is 8.19. The molecule has 3 nitrogen and oxygen atoms in total. The van der Waals surface area contributed by atoms with E-state index >= 15 is 0 Å². The molecular formula is C9H17NO2S. The van der Waals surface area contributed by atoms with Crippen molar-refractivity contribution in [2.75, 3.05) is 18.1 Å². The Morgan fingerprint density at radius 2 is 2.38 bits per heavy atom. The highest BCUT2D eigenvalue weighted by atomic mass is 32.2. The zero-order chi connectivity index (χ0) is 9.84. The summed E-state index contributed by atoms with van der Waals surface area (Å²) in [6.07, 6.45) is 0.283. The first-order valence-electron chi connectivity index (χ1n) is 4.66. The molecule has 13 heavy (non-hydrogen) atoms. The highest BCUT2D eigenvalue weighted by molar-refractivity contribution is 7.99. The molecule has 1 saturated heterocycles. The lowest BCUT2D eigenvalue weighted by molar-refractivity contribution is -0.138. The van der Waals surface area contributed by atoms with Crippen LogP contribution in [0.15, 0.2) is 0 Å². The van der Waals surface area contributed by atoms with Crippen molar-refractivity contribution in [2.24, 2.45) is 0 Å². The van der Waals surface area contributed by atoms with Crippen LogP contribution in [-0.2, 0) is 4.79 Å². The van der Waals surface area contributed by atoms with E-state index < -0.39 is 5.97 Å². The predicted octanol–water partition coefficient (Wildman–Crippen LogP) is 1.29. The van der Waals surface area contributed by atoms with E-state index in [1.165, 1.54) is 0 Å². The van der Waals surface area contributed by atoms with Gasteiger partial charge in [0.25, 0.3) is 0 Å². The summed E-state index contributed by atoms with van der Waals surface area (Å²) in [6, 6.07) is 0.696. The summed E-state index contributed by atoms with van der Waals surface area (Å²) in [4.78, 5) is 12.9. The molecule has 0 spiro atoms. The minimum Gasteiger partial charge on any atom is -0.481 e. The van der Waals surface area contributed by atoms with E-state index in [1.807, 2.05) is 11.8 Å². The van der Waals surface area contributed by atoms with Gasteiger partial charge in [0.2, 0.25) is 0 Å². The van der Waals surface area contributed by atoms with Gasteiger partial charge in [0.15, 0.2) is 0 Å². The van der Waals surface area contributed by atoms with E-state index in [9.17, 15) is 4.79 Å². The van der Waals surface area contributed by atoms with Crippen molar-refractivity contribution in [1.82, 2.24) is 4.90 Å². The molecule has 1 fully saturated rings.